The van der Waals surface area contributed by atoms with Crippen molar-refractivity contribution in [2.45, 2.75) is 0 Å². The van der Waals surface area contributed by atoms with E-state index in [-0.39, 0.29) is 11.6 Å². The van der Waals surface area contributed by atoms with Crippen LogP contribution in [0.2, 0.25) is 10.0 Å². The van der Waals surface area contributed by atoms with E-state index in [2.05, 4.69) is 10.3 Å². The predicted molar refractivity (Wildman–Crippen MR) is 125 cm³/mol. The second-order valence-electron chi connectivity index (χ2n) is 6.40. The molecular formula is C21H13Cl2N3O5S. The van der Waals surface area contributed by atoms with Gasteiger partial charge in [0.15, 0.2) is 5.17 Å². The number of halogens is 2. The minimum atomic E-state index is -0.504. The molecule has 11 heteroatoms. The molecular weight excluding hydrogens is 477 g/mol. The molecule has 1 fully saturated rings. The van der Waals surface area contributed by atoms with Gasteiger partial charge in [-0.15, -0.1) is 0 Å². The number of nitro groups is 1. The van der Waals surface area contributed by atoms with Crippen molar-refractivity contribution < 1.29 is 18.9 Å². The number of methoxy groups -OCH3 is 1. The maximum absolute atomic E-state index is 12.3. The molecule has 1 aliphatic rings. The summed E-state index contributed by atoms with van der Waals surface area (Å²) in [4.78, 5) is 27.5. The molecule has 1 aromatic heterocycles. The van der Waals surface area contributed by atoms with E-state index >= 15 is 0 Å². The minimum absolute atomic E-state index is 0.0925. The van der Waals surface area contributed by atoms with Crippen LogP contribution in [-0.2, 0) is 4.79 Å². The molecule has 8 nitrogen and oxygen atoms in total. The first-order valence-corrected chi connectivity index (χ1v) is 10.6. The zero-order valence-electron chi connectivity index (χ0n) is 16.3. The van der Waals surface area contributed by atoms with Crippen molar-refractivity contribution in [3.8, 4) is 17.1 Å². The van der Waals surface area contributed by atoms with Gasteiger partial charge in [0.1, 0.15) is 17.3 Å². The average Bonchev–Trinajstić information content (AvgIpc) is 3.37. The topological polar surface area (TPSA) is 107 Å². The number of nitro benzene ring substituents is 1. The van der Waals surface area contributed by atoms with Gasteiger partial charge in [0.25, 0.3) is 11.6 Å². The molecule has 0 unspecified atom stereocenters. The summed E-state index contributed by atoms with van der Waals surface area (Å²) in [5.41, 5.74) is 0.892. The highest BCUT2D eigenvalue weighted by atomic mass is 35.5. The Morgan fingerprint density at radius 2 is 2.03 bits per heavy atom. The standard InChI is InChI=1S/C21H13Cl2N3O5S/c1-30-17-9-11(26(28)29)5-7-13(17)16-8-6-12(31-16)10-18-20(27)25-21(32-18)24-15-4-2-3-14(22)19(15)23/h2-10H,1H3,(H,24,25,27)/b18-10-. The number of furan rings is 1. The van der Waals surface area contributed by atoms with Crippen LogP contribution in [0.15, 0.2) is 62.8 Å². The number of hydrogen-bond donors (Lipinski definition) is 1. The summed E-state index contributed by atoms with van der Waals surface area (Å²) in [5, 5.41) is 14.7. The normalized spacial score (nSPS) is 15.9. The van der Waals surface area contributed by atoms with Crippen molar-refractivity contribution in [1.29, 1.82) is 0 Å². The summed E-state index contributed by atoms with van der Waals surface area (Å²) in [6.07, 6.45) is 1.57. The molecule has 0 atom stereocenters. The predicted octanol–water partition coefficient (Wildman–Crippen LogP) is 6.06. The maximum atomic E-state index is 12.3. The quantitative estimate of drug-likeness (QED) is 0.265. The first kappa shape index (κ1) is 21.9. The molecule has 162 valence electrons. The second-order valence-corrected chi connectivity index (χ2v) is 8.21. The average molecular weight is 490 g/mol. The van der Waals surface area contributed by atoms with Crippen LogP contribution in [0.4, 0.5) is 11.4 Å². The Morgan fingerprint density at radius 3 is 2.78 bits per heavy atom. The number of non-ortho nitro benzene ring substituents is 1. The first-order chi connectivity index (χ1) is 15.4. The number of carbonyl (C=O) groups is 1. The Kier molecular flexibility index (Phi) is 6.22. The van der Waals surface area contributed by atoms with Crippen molar-refractivity contribution in [2.24, 2.45) is 4.99 Å². The number of carbonyl (C=O) groups excluding carboxylic acids is 1. The lowest BCUT2D eigenvalue weighted by molar-refractivity contribution is -0.384. The Bertz CT molecular complexity index is 1300. The van der Waals surface area contributed by atoms with Gasteiger partial charge in [-0.05, 0) is 42.1 Å². The summed E-state index contributed by atoms with van der Waals surface area (Å²) >= 11 is 13.3. The number of thioether (sulfide) groups is 1. The molecule has 0 spiro atoms. The van der Waals surface area contributed by atoms with Crippen LogP contribution in [0.1, 0.15) is 5.76 Å². The first-order valence-electron chi connectivity index (χ1n) is 9.02. The van der Waals surface area contributed by atoms with Crippen LogP contribution in [0.5, 0.6) is 5.75 Å². The zero-order valence-corrected chi connectivity index (χ0v) is 18.6. The monoisotopic (exact) mass is 489 g/mol. The maximum Gasteiger partial charge on any atom is 0.273 e. The zero-order chi connectivity index (χ0) is 22.8. The summed E-state index contributed by atoms with van der Waals surface area (Å²) in [5.74, 6) is 0.818. The highest BCUT2D eigenvalue weighted by Gasteiger charge is 2.25. The van der Waals surface area contributed by atoms with E-state index in [0.717, 1.165) is 11.8 Å². The number of rotatable bonds is 5. The summed E-state index contributed by atoms with van der Waals surface area (Å²) in [6.45, 7) is 0. The number of amidine groups is 1. The SMILES string of the molecule is COc1cc([N+](=O)[O-])ccc1-c1ccc(/C=C2\SC(=Nc3cccc(Cl)c3Cl)NC2=O)o1. The molecule has 0 aliphatic carbocycles. The Labute approximate surface area is 196 Å². The lowest BCUT2D eigenvalue weighted by atomic mass is 10.1. The number of amides is 1. The number of nitrogens with one attached hydrogen (secondary N) is 1. The van der Waals surface area contributed by atoms with Crippen LogP contribution in [0.3, 0.4) is 0 Å². The smallest absolute Gasteiger partial charge is 0.273 e. The molecule has 1 N–H and O–H groups in total. The van der Waals surface area contributed by atoms with Crippen molar-refractivity contribution in [1.82, 2.24) is 5.32 Å². The van der Waals surface area contributed by atoms with E-state index in [4.69, 9.17) is 32.4 Å². The molecule has 1 aliphatic heterocycles. The number of ether oxygens (including phenoxy) is 1. The molecule has 0 saturated carbocycles. The molecule has 3 aromatic rings. The van der Waals surface area contributed by atoms with Gasteiger partial charge in [-0.1, -0.05) is 29.3 Å². The molecule has 0 radical (unpaired) electrons. The van der Waals surface area contributed by atoms with Gasteiger partial charge in [0.05, 0.1) is 44.3 Å². The molecule has 1 saturated heterocycles. The molecule has 32 heavy (non-hydrogen) atoms. The van der Waals surface area contributed by atoms with Gasteiger partial charge in [-0.2, -0.15) is 0 Å². The summed E-state index contributed by atoms with van der Waals surface area (Å²) < 4.78 is 11.1. The molecule has 0 bridgehead atoms. The van der Waals surface area contributed by atoms with Crippen molar-refractivity contribution in [2.75, 3.05) is 7.11 Å². The third kappa shape index (κ3) is 4.50. The number of benzene rings is 2. The lowest BCUT2D eigenvalue weighted by Crippen LogP contribution is -2.19. The van der Waals surface area contributed by atoms with Crippen molar-refractivity contribution in [3.05, 3.63) is 79.4 Å². The van der Waals surface area contributed by atoms with Gasteiger partial charge < -0.3 is 14.5 Å². The van der Waals surface area contributed by atoms with Crippen molar-refractivity contribution >= 4 is 63.5 Å². The Hall–Kier alpha value is -3.27. The highest BCUT2D eigenvalue weighted by molar-refractivity contribution is 8.18. The number of hydrogen-bond acceptors (Lipinski definition) is 7. The van der Waals surface area contributed by atoms with Gasteiger partial charge in [-0.3, -0.25) is 14.9 Å². The van der Waals surface area contributed by atoms with E-state index < -0.39 is 4.92 Å². The number of aliphatic imine (C=N–C) groups is 1. The fourth-order valence-electron chi connectivity index (χ4n) is 2.87. The van der Waals surface area contributed by atoms with E-state index in [1.807, 2.05) is 0 Å². The molecule has 2 heterocycles. The second kappa shape index (κ2) is 9.07. The minimum Gasteiger partial charge on any atom is -0.496 e. The fraction of sp³-hybridized carbons (Fsp3) is 0.0476. The lowest BCUT2D eigenvalue weighted by Gasteiger charge is -2.05. The van der Waals surface area contributed by atoms with Gasteiger partial charge in [0.2, 0.25) is 0 Å². The molecule has 4 rings (SSSR count). The van der Waals surface area contributed by atoms with Crippen LogP contribution >= 0.6 is 35.0 Å². The third-order valence-electron chi connectivity index (χ3n) is 4.37. The van der Waals surface area contributed by atoms with Crippen LogP contribution in [0, 0.1) is 10.1 Å². The van der Waals surface area contributed by atoms with E-state index in [1.165, 1.54) is 19.2 Å². The molecule has 2 aromatic carbocycles. The Balaban J connectivity index is 1.58. The number of nitrogens with zero attached hydrogens (tertiary/aromatic N) is 2. The van der Waals surface area contributed by atoms with E-state index in [9.17, 15) is 14.9 Å². The Morgan fingerprint density at radius 1 is 1.22 bits per heavy atom. The largest absolute Gasteiger partial charge is 0.496 e. The van der Waals surface area contributed by atoms with Gasteiger partial charge in [0, 0.05) is 12.1 Å². The fourth-order valence-corrected chi connectivity index (χ4v) is 4.02. The summed E-state index contributed by atoms with van der Waals surface area (Å²) in [6, 6.07) is 12.6. The van der Waals surface area contributed by atoms with Crippen molar-refractivity contribution in [3.63, 3.8) is 0 Å². The molecule has 1 amide bonds. The third-order valence-corrected chi connectivity index (χ3v) is 6.08. The van der Waals surface area contributed by atoms with Gasteiger partial charge >= 0.3 is 0 Å². The summed E-state index contributed by atoms with van der Waals surface area (Å²) in [7, 11) is 1.42. The highest BCUT2D eigenvalue weighted by Crippen LogP contribution is 2.37. The van der Waals surface area contributed by atoms with Gasteiger partial charge in [-0.25, -0.2) is 4.99 Å². The van der Waals surface area contributed by atoms with E-state index in [0.29, 0.717) is 48.6 Å². The van der Waals surface area contributed by atoms with Crippen LogP contribution in [0.25, 0.3) is 17.4 Å². The van der Waals surface area contributed by atoms with Crippen LogP contribution in [-0.4, -0.2) is 23.1 Å². The van der Waals surface area contributed by atoms with Crippen LogP contribution < -0.4 is 10.1 Å². The van der Waals surface area contributed by atoms with E-state index in [1.54, 1.807) is 42.5 Å².